The average Bonchev–Trinajstić information content (AvgIpc) is 3.59. The lowest BCUT2D eigenvalue weighted by molar-refractivity contribution is -0.208. The fourth-order valence-corrected chi connectivity index (χ4v) is 14.5. The summed E-state index contributed by atoms with van der Waals surface area (Å²) in [7, 11) is -6.98. The summed E-state index contributed by atoms with van der Waals surface area (Å²) >= 11 is 0. The molecule has 0 unspecified atom stereocenters. The Bertz CT molecular complexity index is 1250. The summed E-state index contributed by atoms with van der Waals surface area (Å²) in [4.78, 5) is 0. The van der Waals surface area contributed by atoms with Gasteiger partial charge >= 0.3 is 0 Å². The maximum absolute atomic E-state index is 10.0. The Morgan fingerprint density at radius 2 is 1.33 bits per heavy atom. The van der Waals surface area contributed by atoms with Gasteiger partial charge in [0.15, 0.2) is 16.6 Å². The van der Waals surface area contributed by atoms with E-state index in [0.717, 1.165) is 0 Å². The van der Waals surface area contributed by atoms with Gasteiger partial charge in [-0.05, 0) is 67.0 Å². The second kappa shape index (κ2) is 13.3. The molecule has 1 N–H and O–H groups in total. The smallest absolute Gasteiger partial charge is 0.261 e. The number of benzene rings is 2. The lowest BCUT2D eigenvalue weighted by Gasteiger charge is -2.53. The van der Waals surface area contributed by atoms with Crippen molar-refractivity contribution in [2.45, 2.75) is 147 Å². The van der Waals surface area contributed by atoms with E-state index >= 15 is 0 Å². The van der Waals surface area contributed by atoms with E-state index in [4.69, 9.17) is 22.8 Å². The average molecular weight is 687 g/mol. The first-order chi connectivity index (χ1) is 21.1. The summed E-state index contributed by atoms with van der Waals surface area (Å²) < 4.78 is 35.0. The van der Waals surface area contributed by atoms with Gasteiger partial charge < -0.3 is 27.9 Å². The van der Waals surface area contributed by atoms with Gasteiger partial charge in [-0.15, -0.1) is 0 Å². The summed E-state index contributed by atoms with van der Waals surface area (Å²) in [6, 6.07) is 21.6. The van der Waals surface area contributed by atoms with Gasteiger partial charge in [0.1, 0.15) is 11.7 Å². The van der Waals surface area contributed by atoms with Crippen LogP contribution in [0.4, 0.5) is 0 Å². The number of hydrogen-bond donors (Lipinski definition) is 1. The first kappa shape index (κ1) is 37.7. The first-order valence-electron chi connectivity index (χ1n) is 17.1. The van der Waals surface area contributed by atoms with E-state index < -0.39 is 36.2 Å². The normalized spacial score (nSPS) is 29.5. The number of aliphatic hydroxyl groups is 1. The molecule has 9 heteroatoms. The van der Waals surface area contributed by atoms with E-state index in [-0.39, 0.29) is 41.1 Å². The number of aliphatic hydroxyl groups excluding tert-OH is 1. The van der Waals surface area contributed by atoms with E-state index in [9.17, 15) is 5.11 Å². The molecule has 0 aliphatic carbocycles. The maximum Gasteiger partial charge on any atom is 0.261 e. The van der Waals surface area contributed by atoms with Gasteiger partial charge in [-0.25, -0.2) is 0 Å². The minimum atomic E-state index is -2.81. The zero-order chi connectivity index (χ0) is 34.4. The van der Waals surface area contributed by atoms with Gasteiger partial charge in [0.05, 0.1) is 37.1 Å². The molecular formula is C37H62O6Si3. The van der Waals surface area contributed by atoms with E-state index in [1.165, 1.54) is 10.4 Å². The third-order valence-electron chi connectivity index (χ3n) is 10.5. The maximum atomic E-state index is 10.0. The molecule has 0 spiro atoms. The predicted octanol–water partition coefficient (Wildman–Crippen LogP) is 7.26. The van der Waals surface area contributed by atoms with Crippen LogP contribution in [-0.2, 0) is 22.8 Å². The lowest BCUT2D eigenvalue weighted by Crippen LogP contribution is -2.68. The van der Waals surface area contributed by atoms with Crippen LogP contribution in [0.5, 0.6) is 0 Å². The standard InChI is InChI=1S/C37H62O6Si3/c1-34(2,3)45(12,13)42-30-25-36(7,43-44(9,10)11)32(24-33-37(8,27-38)41-33)40-31(30)26-39-46(35(4,5)6,28-20-16-14-17-21-28)29-22-18-15-19-23-29/h14-23,30-33,38H,24-27H2,1-13H3/t30-,31+,32-,33+,36+,37+/m0/s1. The van der Waals surface area contributed by atoms with Gasteiger partial charge in [0.2, 0.25) is 0 Å². The minimum absolute atomic E-state index is 0.00647. The summed E-state index contributed by atoms with van der Waals surface area (Å²) in [5.41, 5.74) is -1.09. The van der Waals surface area contributed by atoms with E-state index in [2.05, 4.69) is 142 Å². The second-order valence-corrected chi connectivity index (χ2v) is 31.1. The zero-order valence-electron chi connectivity index (χ0n) is 30.9. The van der Waals surface area contributed by atoms with Crippen LogP contribution in [0.15, 0.2) is 60.7 Å². The monoisotopic (exact) mass is 686 g/mol. The van der Waals surface area contributed by atoms with Gasteiger partial charge in [0.25, 0.3) is 8.32 Å². The largest absolute Gasteiger partial charge is 0.411 e. The highest BCUT2D eigenvalue weighted by Gasteiger charge is 2.59. The second-order valence-electron chi connectivity index (χ2n) is 17.6. The van der Waals surface area contributed by atoms with Crippen molar-refractivity contribution in [3.63, 3.8) is 0 Å². The van der Waals surface area contributed by atoms with Crippen molar-refractivity contribution in [1.29, 1.82) is 0 Å². The summed E-state index contributed by atoms with van der Waals surface area (Å²) in [5.74, 6) is 0. The van der Waals surface area contributed by atoms with Gasteiger partial charge in [-0.2, -0.15) is 0 Å². The summed E-state index contributed by atoms with van der Waals surface area (Å²) in [5, 5.41) is 12.4. The van der Waals surface area contributed by atoms with Crippen LogP contribution in [0.3, 0.4) is 0 Å². The molecule has 2 aromatic carbocycles. The van der Waals surface area contributed by atoms with Crippen LogP contribution in [0, 0.1) is 0 Å². The van der Waals surface area contributed by atoms with Crippen LogP contribution in [-0.4, -0.2) is 78.9 Å². The van der Waals surface area contributed by atoms with Crippen LogP contribution in [0.2, 0.25) is 42.8 Å². The van der Waals surface area contributed by atoms with Gasteiger partial charge in [-0.1, -0.05) is 102 Å². The molecule has 2 aliphatic rings. The highest BCUT2D eigenvalue weighted by atomic mass is 28.4. The molecule has 0 aromatic heterocycles. The molecule has 6 atom stereocenters. The molecule has 2 saturated heterocycles. The Kier molecular flexibility index (Phi) is 10.9. The Balaban J connectivity index is 1.78. The molecule has 0 saturated carbocycles. The third-order valence-corrected chi connectivity index (χ3v) is 21.1. The number of ether oxygens (including phenoxy) is 2. The molecule has 46 heavy (non-hydrogen) atoms. The molecule has 258 valence electrons. The van der Waals surface area contributed by atoms with Crippen LogP contribution < -0.4 is 10.4 Å². The lowest BCUT2D eigenvalue weighted by atomic mass is 9.83. The van der Waals surface area contributed by atoms with Crippen molar-refractivity contribution in [2.75, 3.05) is 13.2 Å². The molecule has 2 aromatic rings. The SMILES string of the molecule is CC(C)(C)[Si](C)(C)O[C@H]1C[C@@](C)(O[Si](C)(C)C)[C@H](C[C@H]2O[C@]2(C)CO)O[C@@H]1CO[Si](c1ccccc1)(c1ccccc1)C(C)(C)C. The Morgan fingerprint density at radius 3 is 1.74 bits per heavy atom. The van der Waals surface area contributed by atoms with E-state index in [1.807, 2.05) is 6.92 Å². The molecule has 2 heterocycles. The predicted molar refractivity (Wildman–Crippen MR) is 197 cm³/mol. The van der Waals surface area contributed by atoms with Crippen LogP contribution >= 0.6 is 0 Å². The molecular weight excluding hydrogens is 625 g/mol. The van der Waals surface area contributed by atoms with Crippen molar-refractivity contribution < 1.29 is 27.9 Å². The van der Waals surface area contributed by atoms with Crippen LogP contribution in [0.1, 0.15) is 68.2 Å². The molecule has 2 fully saturated rings. The highest BCUT2D eigenvalue weighted by molar-refractivity contribution is 6.99. The highest BCUT2D eigenvalue weighted by Crippen LogP contribution is 2.47. The van der Waals surface area contributed by atoms with Crippen LogP contribution in [0.25, 0.3) is 0 Å². The molecule has 4 rings (SSSR count). The molecule has 0 amide bonds. The Labute approximate surface area is 282 Å². The minimum Gasteiger partial charge on any atom is -0.411 e. The van der Waals surface area contributed by atoms with Crippen molar-refractivity contribution in [1.82, 2.24) is 0 Å². The zero-order valence-corrected chi connectivity index (χ0v) is 33.9. The van der Waals surface area contributed by atoms with Crippen molar-refractivity contribution in [3.8, 4) is 0 Å². The van der Waals surface area contributed by atoms with Gasteiger partial charge in [0, 0.05) is 12.8 Å². The molecule has 0 bridgehead atoms. The summed E-state index contributed by atoms with van der Waals surface area (Å²) in [6.45, 7) is 29.7. The number of rotatable bonds is 12. The van der Waals surface area contributed by atoms with Gasteiger partial charge in [-0.3, -0.25) is 0 Å². The number of epoxide rings is 1. The topological polar surface area (TPSA) is 69.7 Å². The van der Waals surface area contributed by atoms with Crippen molar-refractivity contribution >= 4 is 35.3 Å². The Morgan fingerprint density at radius 1 is 0.804 bits per heavy atom. The Hall–Kier alpha value is -1.15. The quantitative estimate of drug-likeness (QED) is 0.187. The van der Waals surface area contributed by atoms with Crippen molar-refractivity contribution in [2.24, 2.45) is 0 Å². The van der Waals surface area contributed by atoms with Crippen molar-refractivity contribution in [3.05, 3.63) is 60.7 Å². The summed E-state index contributed by atoms with van der Waals surface area (Å²) in [6.07, 6.45) is 0.568. The third kappa shape index (κ3) is 8.00. The molecule has 2 aliphatic heterocycles. The fourth-order valence-electron chi connectivity index (χ4n) is 6.93. The van der Waals surface area contributed by atoms with E-state index in [0.29, 0.717) is 19.4 Å². The number of hydrogen-bond acceptors (Lipinski definition) is 6. The first-order valence-corrected chi connectivity index (χ1v) is 25.4. The molecule has 0 radical (unpaired) electrons. The molecule has 6 nitrogen and oxygen atoms in total. The van der Waals surface area contributed by atoms with E-state index in [1.54, 1.807) is 0 Å². The fraction of sp³-hybridized carbons (Fsp3) is 0.676.